The number of hydrogen-bond donors (Lipinski definition) is 2. The lowest BCUT2D eigenvalue weighted by molar-refractivity contribution is 0.767. The van der Waals surface area contributed by atoms with Gasteiger partial charge in [-0.1, -0.05) is 60.2 Å². The molecule has 0 radical (unpaired) electrons. The molecule has 0 bridgehead atoms. The van der Waals surface area contributed by atoms with Gasteiger partial charge in [0.25, 0.3) is 0 Å². The molecule has 0 spiro atoms. The van der Waals surface area contributed by atoms with Gasteiger partial charge >= 0.3 is 0 Å². The number of anilines is 1. The van der Waals surface area contributed by atoms with E-state index in [1.165, 1.54) is 11.1 Å². The summed E-state index contributed by atoms with van der Waals surface area (Å²) in [6, 6.07) is 22.7. The quantitative estimate of drug-likeness (QED) is 0.666. The topological polar surface area (TPSA) is 37.0 Å². The number of aryl methyl sites for hydroxylation is 2. The first-order valence-electron chi connectivity index (χ1n) is 8.23. The Labute approximate surface area is 154 Å². The van der Waals surface area contributed by atoms with E-state index in [-0.39, 0.29) is 6.04 Å². The average Bonchev–Trinajstić information content (AvgIpc) is 2.60. The molecule has 0 fully saturated rings. The lowest BCUT2D eigenvalue weighted by Crippen LogP contribution is -2.33. The van der Waals surface area contributed by atoms with Gasteiger partial charge in [0, 0.05) is 6.20 Å². The minimum absolute atomic E-state index is 0.0223. The largest absolute Gasteiger partial charge is 0.351 e. The van der Waals surface area contributed by atoms with E-state index in [0.29, 0.717) is 5.11 Å². The molecule has 3 rings (SSSR count). The Bertz CT molecular complexity index is 862. The van der Waals surface area contributed by atoms with E-state index in [0.717, 1.165) is 16.9 Å². The van der Waals surface area contributed by atoms with E-state index in [4.69, 9.17) is 12.2 Å². The molecule has 0 aliphatic carbocycles. The Hall–Kier alpha value is -2.72. The first-order valence-corrected chi connectivity index (χ1v) is 8.64. The molecule has 4 heteroatoms. The monoisotopic (exact) mass is 347 g/mol. The predicted molar refractivity (Wildman–Crippen MR) is 108 cm³/mol. The first kappa shape index (κ1) is 17.1. The van der Waals surface area contributed by atoms with Crippen molar-refractivity contribution < 1.29 is 0 Å². The number of nitrogens with zero attached hydrogens (tertiary/aromatic N) is 1. The van der Waals surface area contributed by atoms with Gasteiger partial charge in [-0.25, -0.2) is 4.98 Å². The van der Waals surface area contributed by atoms with Crippen LogP contribution >= 0.6 is 12.2 Å². The Morgan fingerprint density at radius 3 is 2.32 bits per heavy atom. The van der Waals surface area contributed by atoms with Crippen LogP contribution in [0.1, 0.15) is 28.3 Å². The van der Waals surface area contributed by atoms with E-state index in [9.17, 15) is 0 Å². The lowest BCUT2D eigenvalue weighted by atomic mass is 9.97. The SMILES string of the molecule is Cc1cccc([C@H](NC(=S)Nc2cc(C)ccn2)c2ccccc2)c1. The van der Waals surface area contributed by atoms with Gasteiger partial charge in [0.1, 0.15) is 5.82 Å². The number of hydrogen-bond acceptors (Lipinski definition) is 2. The molecule has 3 aromatic rings. The van der Waals surface area contributed by atoms with Crippen molar-refractivity contribution in [3.8, 4) is 0 Å². The second-order valence-electron chi connectivity index (χ2n) is 6.07. The van der Waals surface area contributed by atoms with Crippen LogP contribution in [0.3, 0.4) is 0 Å². The van der Waals surface area contributed by atoms with Crippen molar-refractivity contribution in [3.05, 3.63) is 95.2 Å². The highest BCUT2D eigenvalue weighted by molar-refractivity contribution is 7.80. The Balaban J connectivity index is 1.84. The number of aromatic nitrogens is 1. The zero-order valence-electron chi connectivity index (χ0n) is 14.4. The third-order valence-electron chi connectivity index (χ3n) is 3.94. The van der Waals surface area contributed by atoms with Crippen LogP contribution in [0.2, 0.25) is 0 Å². The van der Waals surface area contributed by atoms with Crippen LogP contribution in [-0.4, -0.2) is 10.1 Å². The average molecular weight is 347 g/mol. The predicted octanol–water partition coefficient (Wildman–Crippen LogP) is 4.77. The zero-order chi connectivity index (χ0) is 17.6. The maximum atomic E-state index is 5.53. The fourth-order valence-corrected chi connectivity index (χ4v) is 2.96. The van der Waals surface area contributed by atoms with Crippen LogP contribution in [0.25, 0.3) is 0 Å². The van der Waals surface area contributed by atoms with Gasteiger partial charge < -0.3 is 10.6 Å². The van der Waals surface area contributed by atoms with Crippen molar-refractivity contribution in [1.82, 2.24) is 10.3 Å². The summed E-state index contributed by atoms with van der Waals surface area (Å²) in [7, 11) is 0. The maximum Gasteiger partial charge on any atom is 0.172 e. The van der Waals surface area contributed by atoms with Crippen LogP contribution in [0, 0.1) is 13.8 Å². The van der Waals surface area contributed by atoms with Crippen molar-refractivity contribution in [1.29, 1.82) is 0 Å². The van der Waals surface area contributed by atoms with Crippen LogP contribution in [0.5, 0.6) is 0 Å². The van der Waals surface area contributed by atoms with Gasteiger partial charge in [-0.05, 0) is 54.9 Å². The standard InChI is InChI=1S/C21H21N3S/c1-15-7-6-10-18(13-15)20(17-8-4-3-5-9-17)24-21(25)23-19-14-16(2)11-12-22-19/h3-14,20H,1-2H3,(H2,22,23,24,25)/t20-/m1/s1. The highest BCUT2D eigenvalue weighted by Crippen LogP contribution is 2.23. The third-order valence-corrected chi connectivity index (χ3v) is 4.16. The molecule has 0 saturated heterocycles. The fourth-order valence-electron chi connectivity index (χ4n) is 2.74. The molecule has 0 aliphatic rings. The number of pyridine rings is 1. The molecule has 126 valence electrons. The molecule has 0 aliphatic heterocycles. The smallest absolute Gasteiger partial charge is 0.172 e. The summed E-state index contributed by atoms with van der Waals surface area (Å²) in [5.41, 5.74) is 4.69. The van der Waals surface area contributed by atoms with E-state index in [2.05, 4.69) is 58.9 Å². The molecule has 2 N–H and O–H groups in total. The summed E-state index contributed by atoms with van der Waals surface area (Å²) in [6.45, 7) is 4.13. The molecule has 1 aromatic heterocycles. The summed E-state index contributed by atoms with van der Waals surface area (Å²) >= 11 is 5.53. The second kappa shape index (κ2) is 7.90. The maximum absolute atomic E-state index is 5.53. The second-order valence-corrected chi connectivity index (χ2v) is 6.48. The molecule has 0 amide bonds. The normalized spacial score (nSPS) is 11.6. The van der Waals surface area contributed by atoms with Gasteiger partial charge in [0.2, 0.25) is 0 Å². The Kier molecular flexibility index (Phi) is 5.41. The fraction of sp³-hybridized carbons (Fsp3) is 0.143. The highest BCUT2D eigenvalue weighted by atomic mass is 32.1. The van der Waals surface area contributed by atoms with Crippen LogP contribution in [0.4, 0.5) is 5.82 Å². The first-order chi connectivity index (χ1) is 12.1. The van der Waals surface area contributed by atoms with Crippen LogP contribution < -0.4 is 10.6 Å². The summed E-state index contributed by atoms with van der Waals surface area (Å²) in [4.78, 5) is 4.31. The lowest BCUT2D eigenvalue weighted by Gasteiger charge is -2.22. The summed E-state index contributed by atoms with van der Waals surface area (Å²) in [5.74, 6) is 0.744. The van der Waals surface area contributed by atoms with Crippen molar-refractivity contribution in [2.45, 2.75) is 19.9 Å². The molecule has 0 saturated carbocycles. The number of benzene rings is 2. The van der Waals surface area contributed by atoms with Crippen molar-refractivity contribution >= 4 is 23.1 Å². The van der Waals surface area contributed by atoms with E-state index < -0.39 is 0 Å². The zero-order valence-corrected chi connectivity index (χ0v) is 15.2. The van der Waals surface area contributed by atoms with Crippen molar-refractivity contribution in [2.24, 2.45) is 0 Å². The molecule has 3 nitrogen and oxygen atoms in total. The summed E-state index contributed by atoms with van der Waals surface area (Å²) < 4.78 is 0. The van der Waals surface area contributed by atoms with Gasteiger partial charge in [0.05, 0.1) is 6.04 Å². The summed E-state index contributed by atoms with van der Waals surface area (Å²) in [5, 5.41) is 7.15. The van der Waals surface area contributed by atoms with Crippen molar-refractivity contribution in [2.75, 3.05) is 5.32 Å². The number of nitrogens with one attached hydrogen (secondary N) is 2. The third kappa shape index (κ3) is 4.64. The van der Waals surface area contributed by atoms with Crippen LogP contribution in [0.15, 0.2) is 72.9 Å². The van der Waals surface area contributed by atoms with E-state index in [1.54, 1.807) is 6.20 Å². The molecule has 25 heavy (non-hydrogen) atoms. The van der Waals surface area contributed by atoms with Crippen molar-refractivity contribution in [3.63, 3.8) is 0 Å². The summed E-state index contributed by atoms with van der Waals surface area (Å²) in [6.07, 6.45) is 1.77. The minimum atomic E-state index is -0.0223. The molecular weight excluding hydrogens is 326 g/mol. The van der Waals surface area contributed by atoms with Gasteiger partial charge in [0.15, 0.2) is 5.11 Å². The number of rotatable bonds is 4. The van der Waals surface area contributed by atoms with Crippen LogP contribution in [-0.2, 0) is 0 Å². The Morgan fingerprint density at radius 2 is 1.60 bits per heavy atom. The molecule has 1 atom stereocenters. The molecule has 0 unspecified atom stereocenters. The molecule has 2 aromatic carbocycles. The van der Waals surface area contributed by atoms with Gasteiger partial charge in [-0.3, -0.25) is 0 Å². The number of thiocarbonyl (C=S) groups is 1. The van der Waals surface area contributed by atoms with Gasteiger partial charge in [-0.2, -0.15) is 0 Å². The van der Waals surface area contributed by atoms with E-state index >= 15 is 0 Å². The van der Waals surface area contributed by atoms with E-state index in [1.807, 2.05) is 37.3 Å². The molecule has 1 heterocycles. The molecular formula is C21H21N3S. The Morgan fingerprint density at radius 1 is 0.880 bits per heavy atom. The van der Waals surface area contributed by atoms with Gasteiger partial charge in [-0.15, -0.1) is 0 Å². The minimum Gasteiger partial charge on any atom is -0.351 e. The highest BCUT2D eigenvalue weighted by Gasteiger charge is 2.15.